The predicted molar refractivity (Wildman–Crippen MR) is 145 cm³/mol. The van der Waals surface area contributed by atoms with Gasteiger partial charge in [0.15, 0.2) is 0 Å². The first-order chi connectivity index (χ1) is 18.0. The van der Waals surface area contributed by atoms with Gasteiger partial charge >= 0.3 is 6.03 Å². The van der Waals surface area contributed by atoms with Crippen LogP contribution in [0.25, 0.3) is 0 Å². The van der Waals surface area contributed by atoms with Gasteiger partial charge in [0.25, 0.3) is 5.91 Å². The average molecular weight is 520 g/mol. The first-order valence-corrected chi connectivity index (χ1v) is 14.0. The van der Waals surface area contributed by atoms with Gasteiger partial charge in [-0.25, -0.2) is 4.79 Å². The molecule has 3 atom stereocenters. The van der Waals surface area contributed by atoms with Crippen molar-refractivity contribution in [2.45, 2.75) is 62.5 Å². The number of piperidine rings is 1. The fraction of sp³-hybridized carbons (Fsp3) is 0.429. The Morgan fingerprint density at radius 1 is 1.08 bits per heavy atom. The van der Waals surface area contributed by atoms with Crippen LogP contribution in [0.5, 0.6) is 11.5 Å². The first kappa shape index (κ1) is 24.3. The van der Waals surface area contributed by atoms with Gasteiger partial charge in [-0.05, 0) is 81.5 Å². The molecular formula is C28H33N5O3S. The second kappa shape index (κ2) is 10.0. The number of amides is 3. The number of benzene rings is 2. The maximum atomic E-state index is 13.5. The van der Waals surface area contributed by atoms with Gasteiger partial charge in [-0.2, -0.15) is 0 Å². The molecule has 194 valence electrons. The minimum Gasteiger partial charge on any atom is -0.457 e. The zero-order chi connectivity index (χ0) is 25.5. The summed E-state index contributed by atoms with van der Waals surface area (Å²) in [5, 5.41) is 9.94. The lowest BCUT2D eigenvalue weighted by atomic mass is 9.86. The molecule has 3 unspecified atom stereocenters. The van der Waals surface area contributed by atoms with Crippen molar-refractivity contribution in [2.75, 3.05) is 11.4 Å². The molecule has 3 amide bonds. The van der Waals surface area contributed by atoms with Crippen molar-refractivity contribution >= 4 is 29.4 Å². The maximum Gasteiger partial charge on any atom is 0.326 e. The average Bonchev–Trinajstić information content (AvgIpc) is 3.27. The van der Waals surface area contributed by atoms with Crippen LogP contribution in [0.2, 0.25) is 0 Å². The fourth-order valence-corrected chi connectivity index (χ4v) is 7.40. The van der Waals surface area contributed by atoms with Crippen LogP contribution < -0.4 is 31.3 Å². The molecule has 4 aliphatic rings. The van der Waals surface area contributed by atoms with Crippen molar-refractivity contribution in [1.29, 1.82) is 0 Å². The van der Waals surface area contributed by atoms with E-state index < -0.39 is 0 Å². The van der Waals surface area contributed by atoms with Crippen molar-refractivity contribution < 1.29 is 14.3 Å². The number of nitrogens with zero attached hydrogens (tertiary/aromatic N) is 1. The van der Waals surface area contributed by atoms with Crippen LogP contribution in [-0.4, -0.2) is 42.0 Å². The smallest absolute Gasteiger partial charge is 0.326 e. The number of thioether (sulfide) groups is 1. The Morgan fingerprint density at radius 2 is 1.86 bits per heavy atom. The van der Waals surface area contributed by atoms with Crippen LogP contribution in [0, 0.1) is 12.8 Å². The van der Waals surface area contributed by atoms with Gasteiger partial charge in [0.1, 0.15) is 11.5 Å². The van der Waals surface area contributed by atoms with Gasteiger partial charge in [-0.3, -0.25) is 9.69 Å². The number of urea groups is 1. The Labute approximate surface area is 221 Å². The third kappa shape index (κ3) is 4.71. The van der Waals surface area contributed by atoms with E-state index >= 15 is 0 Å². The fourth-order valence-electron chi connectivity index (χ4n) is 6.00. The van der Waals surface area contributed by atoms with Crippen molar-refractivity contribution in [1.82, 2.24) is 16.0 Å². The van der Waals surface area contributed by atoms with Gasteiger partial charge < -0.3 is 26.4 Å². The van der Waals surface area contributed by atoms with Crippen LogP contribution in [-0.2, 0) is 4.79 Å². The number of rotatable bonds is 5. The largest absolute Gasteiger partial charge is 0.457 e. The number of carbonyl (C=O) groups excluding carboxylic acids is 2. The number of para-hydroxylation sites is 1. The lowest BCUT2D eigenvalue weighted by Gasteiger charge is -2.46. The topological polar surface area (TPSA) is 109 Å². The maximum absolute atomic E-state index is 13.5. The van der Waals surface area contributed by atoms with Gasteiger partial charge in [0.05, 0.1) is 16.3 Å². The number of nitrogens with two attached hydrogens (primary N) is 1. The summed E-state index contributed by atoms with van der Waals surface area (Å²) >= 11 is 1.55. The molecule has 2 saturated heterocycles. The highest BCUT2D eigenvalue weighted by molar-refractivity contribution is 8.04. The van der Waals surface area contributed by atoms with Crippen LogP contribution in [0.15, 0.2) is 59.1 Å². The monoisotopic (exact) mass is 519 g/mol. The quantitative estimate of drug-likeness (QED) is 0.476. The van der Waals surface area contributed by atoms with E-state index in [0.29, 0.717) is 4.91 Å². The summed E-state index contributed by atoms with van der Waals surface area (Å²) < 4.78 is 6.00. The molecule has 2 aromatic carbocycles. The standard InChI is InChI=1S/C28H33N5O3S/c1-16-15-20(36-19-5-3-2-4-6-19)11-12-21(16)33-22-13-14-30-27-23(22)24(32-28(33)35)25(37-27)26(34)31-18-9-7-17(29)8-10-18/h2-6,11-12,15,17-18,22-23,27,30H,7-10,13-14,29H2,1H3,(H,31,34)(H,32,35). The number of hydrogen-bond acceptors (Lipinski definition) is 6. The Kier molecular flexibility index (Phi) is 6.60. The minimum atomic E-state index is -0.187. The highest BCUT2D eigenvalue weighted by atomic mass is 32.2. The summed E-state index contributed by atoms with van der Waals surface area (Å²) in [5.41, 5.74) is 8.62. The molecule has 6 rings (SSSR count). The molecule has 3 heterocycles. The van der Waals surface area contributed by atoms with E-state index in [2.05, 4.69) is 16.0 Å². The van der Waals surface area contributed by atoms with Gasteiger partial charge in [-0.1, -0.05) is 30.0 Å². The number of nitrogens with one attached hydrogen (secondary N) is 3. The Hall–Kier alpha value is -3.01. The summed E-state index contributed by atoms with van der Waals surface area (Å²) in [6.07, 6.45) is 4.47. The summed E-state index contributed by atoms with van der Waals surface area (Å²) in [5.74, 6) is 1.44. The predicted octanol–water partition coefficient (Wildman–Crippen LogP) is 3.97. The molecule has 5 N–H and O–H groups in total. The Bertz CT molecular complexity index is 1230. The van der Waals surface area contributed by atoms with Crippen LogP contribution in [0.3, 0.4) is 0 Å². The van der Waals surface area contributed by atoms with E-state index in [1.54, 1.807) is 11.8 Å². The van der Waals surface area contributed by atoms with Crippen molar-refractivity contribution in [3.8, 4) is 11.5 Å². The van der Waals surface area contributed by atoms with E-state index in [1.807, 2.05) is 60.4 Å². The van der Waals surface area contributed by atoms with Crippen LogP contribution in [0.4, 0.5) is 10.5 Å². The molecule has 0 radical (unpaired) electrons. The molecule has 0 bridgehead atoms. The molecule has 0 spiro atoms. The van der Waals surface area contributed by atoms with Gasteiger partial charge in [0.2, 0.25) is 0 Å². The first-order valence-electron chi connectivity index (χ1n) is 13.1. The lowest BCUT2D eigenvalue weighted by molar-refractivity contribution is -0.117. The molecular weight excluding hydrogens is 486 g/mol. The third-order valence-corrected chi connectivity index (χ3v) is 9.22. The molecule has 3 aliphatic heterocycles. The second-order valence-electron chi connectivity index (χ2n) is 10.4. The SMILES string of the molecule is Cc1cc(Oc2ccccc2)ccc1N1C(=O)NC2=C(C(=O)NC3CCC(N)CC3)SC3NCCC1C23. The highest BCUT2D eigenvalue weighted by Gasteiger charge is 2.52. The molecule has 1 aliphatic carbocycles. The molecule has 1 saturated carbocycles. The zero-order valence-corrected chi connectivity index (χ0v) is 21.7. The summed E-state index contributed by atoms with van der Waals surface area (Å²) in [6, 6.07) is 15.7. The molecule has 9 heteroatoms. The van der Waals surface area contributed by atoms with Gasteiger partial charge in [0, 0.05) is 29.4 Å². The number of hydrogen-bond donors (Lipinski definition) is 4. The Morgan fingerprint density at radius 3 is 2.62 bits per heavy atom. The highest BCUT2D eigenvalue weighted by Crippen LogP contribution is 2.48. The minimum absolute atomic E-state index is 0.0247. The van der Waals surface area contributed by atoms with Crippen molar-refractivity contribution in [3.63, 3.8) is 0 Å². The Balaban J connectivity index is 1.24. The molecule has 2 aromatic rings. The van der Waals surface area contributed by atoms with E-state index in [1.165, 1.54) is 0 Å². The lowest BCUT2D eigenvalue weighted by Crippen LogP contribution is -2.62. The number of aryl methyl sites for hydroxylation is 1. The third-order valence-electron chi connectivity index (χ3n) is 7.86. The zero-order valence-electron chi connectivity index (χ0n) is 20.9. The molecule has 0 aromatic heterocycles. The number of anilines is 1. The summed E-state index contributed by atoms with van der Waals surface area (Å²) in [4.78, 5) is 29.4. The van der Waals surface area contributed by atoms with Gasteiger partial charge in [-0.15, -0.1) is 0 Å². The normalized spacial score (nSPS) is 29.0. The molecule has 37 heavy (non-hydrogen) atoms. The van der Waals surface area contributed by atoms with Crippen LogP contribution >= 0.6 is 11.8 Å². The second-order valence-corrected chi connectivity index (χ2v) is 11.5. The molecule has 3 fully saturated rings. The molecule has 8 nitrogen and oxygen atoms in total. The van der Waals surface area contributed by atoms with E-state index in [9.17, 15) is 9.59 Å². The summed E-state index contributed by atoms with van der Waals surface area (Å²) in [7, 11) is 0. The summed E-state index contributed by atoms with van der Waals surface area (Å²) in [6.45, 7) is 2.79. The number of ether oxygens (including phenoxy) is 1. The number of carbonyl (C=O) groups is 2. The van der Waals surface area contributed by atoms with Crippen LogP contribution in [0.1, 0.15) is 37.7 Å². The van der Waals surface area contributed by atoms with Crippen molar-refractivity contribution in [2.24, 2.45) is 11.7 Å². The van der Waals surface area contributed by atoms with E-state index in [-0.39, 0.29) is 41.4 Å². The van der Waals surface area contributed by atoms with Crippen molar-refractivity contribution in [3.05, 3.63) is 64.7 Å². The van der Waals surface area contributed by atoms with E-state index in [0.717, 1.165) is 67.1 Å². The van der Waals surface area contributed by atoms with E-state index in [4.69, 9.17) is 10.5 Å².